The van der Waals surface area contributed by atoms with E-state index in [-0.39, 0.29) is 5.91 Å². The van der Waals surface area contributed by atoms with Gasteiger partial charge in [0, 0.05) is 6.54 Å². The minimum Gasteiger partial charge on any atom is -0.497 e. The summed E-state index contributed by atoms with van der Waals surface area (Å²) in [6.07, 6.45) is 5.28. The van der Waals surface area contributed by atoms with Gasteiger partial charge in [0.25, 0.3) is 0 Å². The number of nitrogens with one attached hydrogen (secondary N) is 1. The molecular weight excluding hydrogens is 214 g/mol. The number of hydrogen-bond donors (Lipinski definition) is 1. The normalized spacial score (nSPS) is 10.5. The highest BCUT2D eigenvalue weighted by Gasteiger charge is 1.94. The van der Waals surface area contributed by atoms with Crippen LogP contribution >= 0.6 is 0 Å². The first-order chi connectivity index (χ1) is 8.26. The van der Waals surface area contributed by atoms with Gasteiger partial charge in [-0.25, -0.2) is 0 Å². The van der Waals surface area contributed by atoms with Crippen molar-refractivity contribution in [1.82, 2.24) is 5.32 Å². The van der Waals surface area contributed by atoms with E-state index in [1.807, 2.05) is 37.3 Å². The number of ether oxygens (including phenoxy) is 1. The Balaban J connectivity index is 2.32. The third-order valence-electron chi connectivity index (χ3n) is 2.38. The highest BCUT2D eigenvalue weighted by molar-refractivity contribution is 5.87. The maximum atomic E-state index is 11.1. The Morgan fingerprint density at radius 2 is 2.06 bits per heavy atom. The Hall–Kier alpha value is -1.77. The first-order valence-corrected chi connectivity index (χ1v) is 5.83. The summed E-state index contributed by atoms with van der Waals surface area (Å²) in [6.45, 7) is 2.57. The maximum Gasteiger partial charge on any atom is 0.243 e. The van der Waals surface area contributed by atoms with Crippen molar-refractivity contribution in [3.05, 3.63) is 42.0 Å². The van der Waals surface area contributed by atoms with Gasteiger partial charge in [-0.3, -0.25) is 4.79 Å². The van der Waals surface area contributed by atoms with Gasteiger partial charge in [0.2, 0.25) is 5.91 Å². The summed E-state index contributed by atoms with van der Waals surface area (Å²) in [5.74, 6) is 0.842. The zero-order valence-electron chi connectivity index (χ0n) is 10.4. The quantitative estimate of drug-likeness (QED) is 0.766. The minimum absolute atomic E-state index is 0.0257. The molecule has 0 bridgehead atoms. The molecule has 1 amide bonds. The van der Waals surface area contributed by atoms with Crippen LogP contribution in [0.15, 0.2) is 36.4 Å². The smallest absolute Gasteiger partial charge is 0.243 e. The second-order valence-electron chi connectivity index (χ2n) is 3.68. The highest BCUT2D eigenvalue weighted by Crippen LogP contribution is 2.12. The molecule has 0 radical (unpaired) electrons. The van der Waals surface area contributed by atoms with E-state index in [1.165, 1.54) is 5.56 Å². The van der Waals surface area contributed by atoms with E-state index >= 15 is 0 Å². The Morgan fingerprint density at radius 3 is 2.65 bits per heavy atom. The molecular formula is C14H19NO2. The molecule has 0 unspecified atom stereocenters. The number of likely N-dealkylation sites (N-methyl/N-ethyl adjacent to an activating group) is 1. The molecule has 0 saturated carbocycles. The largest absolute Gasteiger partial charge is 0.497 e. The average molecular weight is 233 g/mol. The molecule has 17 heavy (non-hydrogen) atoms. The SMILES string of the molecule is CCNC(=O)/C=C/CCc1ccc(OC)cc1. The Kier molecular flexibility index (Phi) is 5.86. The summed E-state index contributed by atoms with van der Waals surface area (Å²) in [6, 6.07) is 7.98. The van der Waals surface area contributed by atoms with Gasteiger partial charge in [-0.1, -0.05) is 18.2 Å². The van der Waals surface area contributed by atoms with Crippen LogP contribution in [0.2, 0.25) is 0 Å². The topological polar surface area (TPSA) is 38.3 Å². The Labute approximate surface area is 102 Å². The van der Waals surface area contributed by atoms with E-state index in [9.17, 15) is 4.79 Å². The zero-order valence-corrected chi connectivity index (χ0v) is 10.4. The molecule has 0 saturated heterocycles. The fraction of sp³-hybridized carbons (Fsp3) is 0.357. The molecule has 92 valence electrons. The van der Waals surface area contributed by atoms with Crippen molar-refractivity contribution in [3.8, 4) is 5.75 Å². The van der Waals surface area contributed by atoms with Gasteiger partial charge in [-0.05, 0) is 43.5 Å². The third kappa shape index (κ3) is 5.20. The van der Waals surface area contributed by atoms with E-state index in [1.54, 1.807) is 13.2 Å². The number of amides is 1. The van der Waals surface area contributed by atoms with Crippen LogP contribution in [-0.4, -0.2) is 19.6 Å². The van der Waals surface area contributed by atoms with Crippen LogP contribution in [0.1, 0.15) is 18.9 Å². The lowest BCUT2D eigenvalue weighted by atomic mass is 10.1. The van der Waals surface area contributed by atoms with Gasteiger partial charge in [0.05, 0.1) is 7.11 Å². The molecule has 1 aromatic rings. The lowest BCUT2D eigenvalue weighted by Gasteiger charge is -2.01. The number of benzene rings is 1. The number of aryl methyl sites for hydroxylation is 1. The lowest BCUT2D eigenvalue weighted by Crippen LogP contribution is -2.19. The van der Waals surface area contributed by atoms with Crippen LogP contribution in [0.3, 0.4) is 0 Å². The fourth-order valence-electron chi connectivity index (χ4n) is 1.47. The summed E-state index contributed by atoms with van der Waals surface area (Å²) < 4.78 is 5.09. The second kappa shape index (κ2) is 7.49. The monoisotopic (exact) mass is 233 g/mol. The molecule has 0 fully saturated rings. The molecule has 0 atom stereocenters. The number of carbonyl (C=O) groups is 1. The number of hydrogen-bond acceptors (Lipinski definition) is 2. The number of methoxy groups -OCH3 is 1. The fourth-order valence-corrected chi connectivity index (χ4v) is 1.47. The first-order valence-electron chi connectivity index (χ1n) is 5.83. The molecule has 0 aromatic heterocycles. The molecule has 0 aliphatic rings. The van der Waals surface area contributed by atoms with Crippen molar-refractivity contribution < 1.29 is 9.53 Å². The molecule has 1 aromatic carbocycles. The van der Waals surface area contributed by atoms with E-state index < -0.39 is 0 Å². The van der Waals surface area contributed by atoms with Gasteiger partial charge in [-0.2, -0.15) is 0 Å². The first kappa shape index (κ1) is 13.3. The zero-order chi connectivity index (χ0) is 12.5. The molecule has 0 heterocycles. The standard InChI is InChI=1S/C14H19NO2/c1-3-15-14(16)7-5-4-6-12-8-10-13(17-2)11-9-12/h5,7-11H,3-4,6H2,1-2H3,(H,15,16)/b7-5+. The molecule has 3 heteroatoms. The highest BCUT2D eigenvalue weighted by atomic mass is 16.5. The predicted octanol–water partition coefficient (Wildman–Crippen LogP) is 2.32. The van der Waals surface area contributed by atoms with Crippen molar-refractivity contribution >= 4 is 5.91 Å². The van der Waals surface area contributed by atoms with Crippen LogP contribution in [0.25, 0.3) is 0 Å². The van der Waals surface area contributed by atoms with Gasteiger partial charge in [-0.15, -0.1) is 0 Å². The van der Waals surface area contributed by atoms with Gasteiger partial charge >= 0.3 is 0 Å². The number of allylic oxidation sites excluding steroid dienone is 1. The van der Waals surface area contributed by atoms with Crippen LogP contribution in [0.5, 0.6) is 5.75 Å². The van der Waals surface area contributed by atoms with Crippen LogP contribution < -0.4 is 10.1 Å². The molecule has 1 rings (SSSR count). The van der Waals surface area contributed by atoms with Gasteiger partial charge in [0.15, 0.2) is 0 Å². The summed E-state index contributed by atoms with van der Waals surface area (Å²) in [5.41, 5.74) is 1.24. The van der Waals surface area contributed by atoms with Crippen LogP contribution in [0, 0.1) is 0 Å². The van der Waals surface area contributed by atoms with Crippen molar-refractivity contribution in [3.63, 3.8) is 0 Å². The molecule has 0 aliphatic carbocycles. The van der Waals surface area contributed by atoms with Crippen molar-refractivity contribution in [2.24, 2.45) is 0 Å². The van der Waals surface area contributed by atoms with Crippen LogP contribution in [-0.2, 0) is 11.2 Å². The van der Waals surface area contributed by atoms with E-state index in [0.717, 1.165) is 18.6 Å². The molecule has 1 N–H and O–H groups in total. The third-order valence-corrected chi connectivity index (χ3v) is 2.38. The van der Waals surface area contributed by atoms with Crippen molar-refractivity contribution in [2.75, 3.05) is 13.7 Å². The Bertz CT molecular complexity index is 368. The number of rotatable bonds is 6. The van der Waals surface area contributed by atoms with E-state index in [2.05, 4.69) is 5.32 Å². The van der Waals surface area contributed by atoms with Crippen molar-refractivity contribution in [1.29, 1.82) is 0 Å². The van der Waals surface area contributed by atoms with E-state index in [0.29, 0.717) is 6.54 Å². The Morgan fingerprint density at radius 1 is 1.35 bits per heavy atom. The number of carbonyl (C=O) groups excluding carboxylic acids is 1. The summed E-state index contributed by atoms with van der Waals surface area (Å²) in [5, 5.41) is 2.72. The lowest BCUT2D eigenvalue weighted by molar-refractivity contribution is -0.116. The van der Waals surface area contributed by atoms with Crippen LogP contribution in [0.4, 0.5) is 0 Å². The van der Waals surface area contributed by atoms with Gasteiger partial charge in [0.1, 0.15) is 5.75 Å². The molecule has 0 spiro atoms. The second-order valence-corrected chi connectivity index (χ2v) is 3.68. The van der Waals surface area contributed by atoms with Gasteiger partial charge < -0.3 is 10.1 Å². The maximum absolute atomic E-state index is 11.1. The molecule has 0 aliphatic heterocycles. The summed E-state index contributed by atoms with van der Waals surface area (Å²) in [7, 11) is 1.66. The minimum atomic E-state index is -0.0257. The van der Waals surface area contributed by atoms with Crippen molar-refractivity contribution in [2.45, 2.75) is 19.8 Å². The predicted molar refractivity (Wildman–Crippen MR) is 69.1 cm³/mol. The summed E-state index contributed by atoms with van der Waals surface area (Å²) in [4.78, 5) is 11.1. The summed E-state index contributed by atoms with van der Waals surface area (Å²) >= 11 is 0. The average Bonchev–Trinajstić information content (AvgIpc) is 2.36. The van der Waals surface area contributed by atoms with E-state index in [4.69, 9.17) is 4.74 Å². The molecule has 3 nitrogen and oxygen atoms in total.